The van der Waals surface area contributed by atoms with Gasteiger partial charge in [0.05, 0.1) is 29.6 Å². The van der Waals surface area contributed by atoms with Crippen LogP contribution in [0.1, 0.15) is 53.3 Å². The zero-order valence-electron chi connectivity index (χ0n) is 26.2. The molecule has 7 rings (SSSR count). The Morgan fingerprint density at radius 1 is 1.04 bits per heavy atom. The van der Waals surface area contributed by atoms with Gasteiger partial charge in [-0.2, -0.15) is 5.10 Å². The lowest BCUT2D eigenvalue weighted by Gasteiger charge is -2.34. The van der Waals surface area contributed by atoms with Crippen molar-refractivity contribution < 1.29 is 32.6 Å². The van der Waals surface area contributed by atoms with Gasteiger partial charge in [0.15, 0.2) is 5.82 Å². The number of piperazine rings is 1. The summed E-state index contributed by atoms with van der Waals surface area (Å²) in [5.41, 5.74) is -2.09. The molecule has 0 unspecified atom stereocenters. The van der Waals surface area contributed by atoms with Crippen molar-refractivity contribution in [3.8, 4) is 0 Å². The zero-order chi connectivity index (χ0) is 34.9. The molecule has 0 radical (unpaired) electrons. The Morgan fingerprint density at radius 2 is 1.80 bits per heavy atom. The minimum atomic E-state index is -1.96. The standard InChI is InChI=1S/C17H18FN3O3.C16H14F3N5O/c18-13-7-11-14(8-15(13)20-5-3-19-4-6-20)21(10-1-2-10)9-12(16(11)22)17(23)24;1-10(15-14(19)5-20-7-22-15)16(25,6-24-9-21-8-23-24)12-3-2-11(17)4-13(12)18/h7-10,19H,1-6H2,(H,23,24);2-5,7-10,25H,6H2,1H3/t;10-,16+/m.0/s1. The van der Waals surface area contributed by atoms with Crippen LogP contribution in [0, 0.1) is 23.3 Å². The number of aromatic nitrogens is 6. The number of hydrogen-bond acceptors (Lipinski definition) is 9. The second kappa shape index (κ2) is 13.7. The maximum Gasteiger partial charge on any atom is 0.341 e. The number of fused-ring (bicyclic) bond motifs is 1. The van der Waals surface area contributed by atoms with Crippen molar-refractivity contribution in [2.45, 2.75) is 43.9 Å². The second-order valence-corrected chi connectivity index (χ2v) is 12.0. The molecule has 49 heavy (non-hydrogen) atoms. The molecule has 3 aromatic heterocycles. The van der Waals surface area contributed by atoms with Crippen LogP contribution in [-0.2, 0) is 12.1 Å². The van der Waals surface area contributed by atoms with Gasteiger partial charge in [-0.3, -0.25) is 4.79 Å². The average Bonchev–Trinajstić information content (AvgIpc) is 3.80. The van der Waals surface area contributed by atoms with Gasteiger partial charge < -0.3 is 25.0 Å². The number of halogens is 4. The highest BCUT2D eigenvalue weighted by atomic mass is 19.1. The molecule has 3 N–H and O–H groups in total. The number of carboxylic acids is 1. The lowest BCUT2D eigenvalue weighted by molar-refractivity contribution is -0.0134. The monoisotopic (exact) mass is 680 g/mol. The molecular weight excluding hydrogens is 648 g/mol. The average molecular weight is 681 g/mol. The minimum absolute atomic E-state index is 0.0960. The Hall–Kier alpha value is -5.22. The smallest absolute Gasteiger partial charge is 0.341 e. The Labute approximate surface area is 276 Å². The van der Waals surface area contributed by atoms with Crippen LogP contribution in [-0.4, -0.2) is 71.7 Å². The van der Waals surface area contributed by atoms with Crippen LogP contribution in [0.2, 0.25) is 0 Å². The van der Waals surface area contributed by atoms with Gasteiger partial charge in [-0.05, 0) is 31.0 Å². The van der Waals surface area contributed by atoms with E-state index in [1.807, 2.05) is 9.47 Å². The summed E-state index contributed by atoms with van der Waals surface area (Å²) in [7, 11) is 0. The number of nitrogens with zero attached hydrogens (tertiary/aromatic N) is 7. The molecule has 0 bridgehead atoms. The number of aromatic carboxylic acids is 1. The summed E-state index contributed by atoms with van der Waals surface area (Å²) in [6, 6.07) is 5.88. The summed E-state index contributed by atoms with van der Waals surface area (Å²) in [5.74, 6) is -5.22. The van der Waals surface area contributed by atoms with E-state index in [2.05, 4.69) is 25.4 Å². The van der Waals surface area contributed by atoms with E-state index in [9.17, 15) is 37.4 Å². The van der Waals surface area contributed by atoms with Crippen LogP contribution in [0.5, 0.6) is 0 Å². The Bertz CT molecular complexity index is 2050. The number of aliphatic hydroxyl groups is 1. The van der Waals surface area contributed by atoms with Crippen LogP contribution in [0.15, 0.2) is 66.5 Å². The van der Waals surface area contributed by atoms with Gasteiger partial charge in [-0.15, -0.1) is 0 Å². The normalized spacial score (nSPS) is 16.5. The number of carbonyl (C=O) groups is 1. The predicted molar refractivity (Wildman–Crippen MR) is 169 cm³/mol. The molecule has 16 heteroatoms. The highest BCUT2D eigenvalue weighted by Crippen LogP contribution is 2.40. The second-order valence-electron chi connectivity index (χ2n) is 12.0. The molecule has 2 fully saturated rings. The SMILES string of the molecule is C[C@@H](c1ncncc1F)[C@](O)(Cn1cncn1)c1ccc(F)cc1F.O=C(O)c1cn(C2CC2)c2cc(N3CCNCC3)c(F)cc2c1=O. The van der Waals surface area contributed by atoms with Gasteiger partial charge in [0.25, 0.3) is 0 Å². The molecule has 2 aliphatic rings. The maximum absolute atomic E-state index is 14.6. The fourth-order valence-corrected chi connectivity index (χ4v) is 6.04. The van der Waals surface area contributed by atoms with Crippen molar-refractivity contribution in [3.63, 3.8) is 0 Å². The van der Waals surface area contributed by atoms with Gasteiger partial charge in [-0.1, -0.05) is 13.0 Å². The number of hydrogen-bond donors (Lipinski definition) is 3. The van der Waals surface area contributed by atoms with Crippen molar-refractivity contribution in [2.75, 3.05) is 31.1 Å². The van der Waals surface area contributed by atoms with E-state index in [0.717, 1.165) is 50.6 Å². The van der Waals surface area contributed by atoms with Gasteiger partial charge in [-0.25, -0.2) is 42.0 Å². The molecule has 0 spiro atoms. The van der Waals surface area contributed by atoms with Crippen LogP contribution in [0.3, 0.4) is 0 Å². The molecule has 2 atom stereocenters. The molecule has 1 saturated heterocycles. The van der Waals surface area contributed by atoms with Crippen LogP contribution >= 0.6 is 0 Å². The summed E-state index contributed by atoms with van der Waals surface area (Å²) in [4.78, 5) is 36.9. The summed E-state index contributed by atoms with van der Waals surface area (Å²) in [6.45, 7) is 4.22. The third-order valence-corrected chi connectivity index (χ3v) is 8.82. The first kappa shape index (κ1) is 33.7. The number of nitrogens with one attached hydrogen (secondary N) is 1. The third kappa shape index (κ3) is 6.87. The van der Waals surface area contributed by atoms with Crippen molar-refractivity contribution in [3.05, 3.63) is 112 Å². The number of benzene rings is 2. The zero-order valence-corrected chi connectivity index (χ0v) is 26.2. The van der Waals surface area contributed by atoms with Crippen molar-refractivity contribution >= 4 is 22.6 Å². The van der Waals surface area contributed by atoms with E-state index >= 15 is 0 Å². The summed E-state index contributed by atoms with van der Waals surface area (Å²) in [6.07, 6.45) is 7.95. The first-order chi connectivity index (χ1) is 23.5. The minimum Gasteiger partial charge on any atom is -0.477 e. The fourth-order valence-electron chi connectivity index (χ4n) is 6.04. The molecule has 4 heterocycles. The molecule has 1 aliphatic carbocycles. The van der Waals surface area contributed by atoms with Crippen LogP contribution in [0.4, 0.5) is 23.2 Å². The molecule has 256 valence electrons. The highest BCUT2D eigenvalue weighted by molar-refractivity contribution is 5.93. The number of anilines is 1. The molecule has 1 saturated carbocycles. The quantitative estimate of drug-likeness (QED) is 0.207. The van der Waals surface area contributed by atoms with Crippen LogP contribution in [0.25, 0.3) is 10.9 Å². The molecule has 1 aliphatic heterocycles. The topological polar surface area (TPSA) is 151 Å². The van der Waals surface area contributed by atoms with Crippen molar-refractivity contribution in [1.29, 1.82) is 0 Å². The van der Waals surface area contributed by atoms with Gasteiger partial charge >= 0.3 is 5.97 Å². The first-order valence-corrected chi connectivity index (χ1v) is 15.5. The number of carboxylic acid groups (broad SMARTS) is 1. The largest absolute Gasteiger partial charge is 0.477 e. The molecular formula is C33H32F4N8O4. The third-order valence-electron chi connectivity index (χ3n) is 8.82. The summed E-state index contributed by atoms with van der Waals surface area (Å²) >= 11 is 0. The summed E-state index contributed by atoms with van der Waals surface area (Å²) < 4.78 is 59.5. The fraction of sp³-hybridized carbons (Fsp3) is 0.333. The lowest BCUT2D eigenvalue weighted by Crippen LogP contribution is -2.43. The molecule has 5 aromatic rings. The van der Waals surface area contributed by atoms with Crippen molar-refractivity contribution in [1.82, 2.24) is 34.6 Å². The molecule has 0 amide bonds. The van der Waals surface area contributed by atoms with E-state index < -0.39 is 46.2 Å². The van der Waals surface area contributed by atoms with Crippen LogP contribution < -0.4 is 15.6 Å². The Morgan fingerprint density at radius 3 is 2.43 bits per heavy atom. The first-order valence-electron chi connectivity index (χ1n) is 15.5. The van der Waals surface area contributed by atoms with E-state index in [1.54, 1.807) is 6.07 Å². The lowest BCUT2D eigenvalue weighted by atomic mass is 9.79. The molecule has 2 aromatic carbocycles. The maximum atomic E-state index is 14.6. The highest BCUT2D eigenvalue weighted by Gasteiger charge is 2.42. The van der Waals surface area contributed by atoms with E-state index in [-0.39, 0.29) is 34.8 Å². The molecule has 12 nitrogen and oxygen atoms in total. The van der Waals surface area contributed by atoms with Gasteiger partial charge in [0.1, 0.15) is 47.6 Å². The van der Waals surface area contributed by atoms with E-state index in [4.69, 9.17) is 0 Å². The Balaban J connectivity index is 0.000000170. The van der Waals surface area contributed by atoms with E-state index in [1.165, 1.54) is 36.5 Å². The van der Waals surface area contributed by atoms with Gasteiger partial charge in [0, 0.05) is 61.4 Å². The number of rotatable bonds is 8. The Kier molecular flexibility index (Phi) is 9.43. The van der Waals surface area contributed by atoms with E-state index in [0.29, 0.717) is 30.4 Å². The summed E-state index contributed by atoms with van der Waals surface area (Å²) in [5, 5.41) is 27.8. The van der Waals surface area contributed by atoms with Crippen molar-refractivity contribution in [2.24, 2.45) is 0 Å². The number of pyridine rings is 1. The van der Waals surface area contributed by atoms with Gasteiger partial charge in [0.2, 0.25) is 5.43 Å². The predicted octanol–water partition coefficient (Wildman–Crippen LogP) is 3.76.